The van der Waals surface area contributed by atoms with Gasteiger partial charge in [0.2, 0.25) is 0 Å². The van der Waals surface area contributed by atoms with Crippen LogP contribution in [0, 0.1) is 0 Å². The van der Waals surface area contributed by atoms with Crippen LogP contribution in [0.15, 0.2) is 47.2 Å². The molecule has 1 heterocycles. The summed E-state index contributed by atoms with van der Waals surface area (Å²) in [6, 6.07) is 9.99. The third-order valence-corrected chi connectivity index (χ3v) is 3.70. The lowest BCUT2D eigenvalue weighted by molar-refractivity contribution is 0.919. The Labute approximate surface area is 126 Å². The number of thiocarbonyl (C=S) groups is 1. The van der Waals surface area contributed by atoms with E-state index in [2.05, 4.69) is 25.8 Å². The summed E-state index contributed by atoms with van der Waals surface area (Å²) in [6.07, 6.45) is 3.60. The summed E-state index contributed by atoms with van der Waals surface area (Å²) in [7, 11) is 2.04. The largest absolute Gasteiger partial charge is 0.389 e. The van der Waals surface area contributed by atoms with Crippen molar-refractivity contribution in [1.82, 2.24) is 4.98 Å². The van der Waals surface area contributed by atoms with Gasteiger partial charge in [-0.05, 0) is 51.8 Å². The molecule has 2 N–H and O–H groups in total. The average molecular weight is 336 g/mol. The molecule has 0 aliphatic heterocycles. The Morgan fingerprint density at radius 2 is 2.00 bits per heavy atom. The number of halogens is 1. The van der Waals surface area contributed by atoms with Gasteiger partial charge in [0.1, 0.15) is 4.99 Å². The van der Waals surface area contributed by atoms with E-state index in [1.54, 1.807) is 12.4 Å². The number of benzene rings is 1. The molecule has 0 saturated carbocycles. The van der Waals surface area contributed by atoms with Crippen LogP contribution in [0.2, 0.25) is 0 Å². The molecule has 5 heteroatoms. The molecule has 1 aromatic carbocycles. The summed E-state index contributed by atoms with van der Waals surface area (Å²) in [5.74, 6) is 0. The van der Waals surface area contributed by atoms with Crippen molar-refractivity contribution >= 4 is 38.8 Å². The van der Waals surface area contributed by atoms with Gasteiger partial charge in [-0.3, -0.25) is 4.98 Å². The van der Waals surface area contributed by atoms with E-state index in [1.807, 2.05) is 37.4 Å². The van der Waals surface area contributed by atoms with Crippen molar-refractivity contribution in [1.29, 1.82) is 0 Å². The first kappa shape index (κ1) is 14.0. The number of aromatic nitrogens is 1. The van der Waals surface area contributed by atoms with Gasteiger partial charge in [-0.25, -0.2) is 0 Å². The fraction of sp³-hybridized carbons (Fsp3) is 0.143. The monoisotopic (exact) mass is 335 g/mol. The molecule has 0 fully saturated rings. The highest BCUT2D eigenvalue weighted by molar-refractivity contribution is 9.10. The average Bonchev–Trinajstić information content (AvgIpc) is 2.39. The highest BCUT2D eigenvalue weighted by atomic mass is 79.9. The van der Waals surface area contributed by atoms with Crippen LogP contribution < -0.4 is 10.6 Å². The molecule has 0 atom stereocenters. The molecular formula is C14H14BrN3S. The maximum atomic E-state index is 5.65. The molecule has 0 spiro atoms. The fourth-order valence-corrected chi connectivity index (χ4v) is 2.68. The maximum Gasteiger partial charge on any atom is 0.105 e. The van der Waals surface area contributed by atoms with E-state index in [0.717, 1.165) is 22.3 Å². The molecule has 19 heavy (non-hydrogen) atoms. The minimum absolute atomic E-state index is 0.398. The number of nitrogens with zero attached hydrogens (tertiary/aromatic N) is 2. The smallest absolute Gasteiger partial charge is 0.105 e. The van der Waals surface area contributed by atoms with Crippen LogP contribution in [0.3, 0.4) is 0 Å². The molecular weight excluding hydrogens is 322 g/mol. The van der Waals surface area contributed by atoms with Crippen molar-refractivity contribution in [3.63, 3.8) is 0 Å². The Morgan fingerprint density at radius 1 is 1.32 bits per heavy atom. The van der Waals surface area contributed by atoms with Gasteiger partial charge in [-0.2, -0.15) is 0 Å². The quantitative estimate of drug-likeness (QED) is 0.871. The van der Waals surface area contributed by atoms with E-state index in [4.69, 9.17) is 18.0 Å². The number of rotatable bonds is 4. The first-order chi connectivity index (χ1) is 9.08. The molecule has 3 nitrogen and oxygen atoms in total. The van der Waals surface area contributed by atoms with Crippen LogP contribution in [0.5, 0.6) is 0 Å². The number of hydrogen-bond donors (Lipinski definition) is 1. The SMILES string of the molecule is CN(Cc1ccncc1)c1ccc(C(N)=S)c(Br)c1. The van der Waals surface area contributed by atoms with E-state index in [9.17, 15) is 0 Å². The van der Waals surface area contributed by atoms with E-state index in [-0.39, 0.29) is 0 Å². The summed E-state index contributed by atoms with van der Waals surface area (Å²) >= 11 is 8.49. The zero-order chi connectivity index (χ0) is 13.8. The Morgan fingerprint density at radius 3 is 2.58 bits per heavy atom. The van der Waals surface area contributed by atoms with Crippen LogP contribution in [0.25, 0.3) is 0 Å². The lowest BCUT2D eigenvalue weighted by atomic mass is 10.2. The predicted octanol–water partition coefficient (Wildman–Crippen LogP) is 3.11. The minimum Gasteiger partial charge on any atom is -0.389 e. The van der Waals surface area contributed by atoms with Gasteiger partial charge < -0.3 is 10.6 Å². The highest BCUT2D eigenvalue weighted by Gasteiger charge is 2.07. The van der Waals surface area contributed by atoms with Crippen LogP contribution in [0.1, 0.15) is 11.1 Å². The predicted molar refractivity (Wildman–Crippen MR) is 86.4 cm³/mol. The summed E-state index contributed by atoms with van der Waals surface area (Å²) in [6.45, 7) is 0.821. The van der Waals surface area contributed by atoms with Crippen molar-refractivity contribution in [2.45, 2.75) is 6.54 Å². The third kappa shape index (κ3) is 3.52. The van der Waals surface area contributed by atoms with E-state index in [1.165, 1.54) is 5.56 Å². The Hall–Kier alpha value is -1.46. The van der Waals surface area contributed by atoms with E-state index in [0.29, 0.717) is 4.99 Å². The first-order valence-electron chi connectivity index (χ1n) is 5.77. The lowest BCUT2D eigenvalue weighted by Gasteiger charge is -2.20. The number of anilines is 1. The number of hydrogen-bond acceptors (Lipinski definition) is 3. The molecule has 2 aromatic rings. The summed E-state index contributed by atoms with van der Waals surface area (Å²) < 4.78 is 0.916. The van der Waals surface area contributed by atoms with Gasteiger partial charge in [0.05, 0.1) is 0 Å². The fourth-order valence-electron chi connectivity index (χ4n) is 1.79. The van der Waals surface area contributed by atoms with E-state index < -0.39 is 0 Å². The molecule has 0 aliphatic rings. The molecule has 0 saturated heterocycles. The van der Waals surface area contributed by atoms with Gasteiger partial charge in [-0.1, -0.05) is 12.2 Å². The van der Waals surface area contributed by atoms with Crippen molar-refractivity contribution in [2.24, 2.45) is 5.73 Å². The zero-order valence-electron chi connectivity index (χ0n) is 10.5. The molecule has 1 aromatic heterocycles. The van der Waals surface area contributed by atoms with Gasteiger partial charge in [0, 0.05) is 41.7 Å². The second kappa shape index (κ2) is 6.12. The molecule has 0 unspecified atom stereocenters. The summed E-state index contributed by atoms with van der Waals surface area (Å²) in [5.41, 5.74) is 8.82. The maximum absolute atomic E-state index is 5.65. The molecule has 0 aliphatic carbocycles. The molecule has 98 valence electrons. The van der Waals surface area contributed by atoms with Crippen molar-refractivity contribution in [2.75, 3.05) is 11.9 Å². The van der Waals surface area contributed by atoms with Crippen molar-refractivity contribution in [3.8, 4) is 0 Å². The van der Waals surface area contributed by atoms with Crippen LogP contribution in [0.4, 0.5) is 5.69 Å². The van der Waals surface area contributed by atoms with Crippen LogP contribution in [-0.4, -0.2) is 17.0 Å². The Bertz CT molecular complexity index is 586. The summed E-state index contributed by atoms with van der Waals surface area (Å²) in [5, 5.41) is 0. The molecule has 0 amide bonds. The standard InChI is InChI=1S/C14H14BrN3S/c1-18(9-10-4-6-17-7-5-10)11-2-3-12(14(16)19)13(15)8-11/h2-8H,9H2,1H3,(H2,16,19). The van der Waals surface area contributed by atoms with Crippen molar-refractivity contribution in [3.05, 3.63) is 58.3 Å². The van der Waals surface area contributed by atoms with Gasteiger partial charge >= 0.3 is 0 Å². The second-order valence-corrected chi connectivity index (χ2v) is 5.53. The van der Waals surface area contributed by atoms with Gasteiger partial charge in [0.25, 0.3) is 0 Å². The van der Waals surface area contributed by atoms with Gasteiger partial charge in [0.15, 0.2) is 0 Å². The molecule has 0 bridgehead atoms. The molecule has 0 radical (unpaired) electrons. The topological polar surface area (TPSA) is 42.2 Å². The first-order valence-corrected chi connectivity index (χ1v) is 6.97. The minimum atomic E-state index is 0.398. The zero-order valence-corrected chi connectivity index (χ0v) is 12.9. The Kier molecular flexibility index (Phi) is 4.50. The summed E-state index contributed by atoms with van der Waals surface area (Å²) in [4.78, 5) is 6.57. The van der Waals surface area contributed by atoms with Crippen LogP contribution >= 0.6 is 28.1 Å². The Balaban J connectivity index is 2.18. The lowest BCUT2D eigenvalue weighted by Crippen LogP contribution is -2.17. The second-order valence-electron chi connectivity index (χ2n) is 4.24. The van der Waals surface area contributed by atoms with Crippen LogP contribution in [-0.2, 0) is 6.54 Å². The van der Waals surface area contributed by atoms with Gasteiger partial charge in [-0.15, -0.1) is 0 Å². The van der Waals surface area contributed by atoms with E-state index >= 15 is 0 Å². The van der Waals surface area contributed by atoms with Crippen molar-refractivity contribution < 1.29 is 0 Å². The number of pyridine rings is 1. The normalized spacial score (nSPS) is 10.2. The third-order valence-electron chi connectivity index (χ3n) is 2.83. The number of nitrogens with two attached hydrogens (primary N) is 1. The highest BCUT2D eigenvalue weighted by Crippen LogP contribution is 2.24. The molecule has 2 rings (SSSR count).